The highest BCUT2D eigenvalue weighted by Gasteiger charge is 1.93. The van der Waals surface area contributed by atoms with Crippen LogP contribution < -0.4 is 5.32 Å². The molecule has 0 aromatic carbocycles. The van der Waals surface area contributed by atoms with Crippen LogP contribution in [0.1, 0.15) is 0 Å². The Balaban J connectivity index is 2.23. The average Bonchev–Trinajstić information content (AvgIpc) is 2.33. The first kappa shape index (κ1) is 12.7. The normalized spacial score (nSPS) is 9.94. The quantitative estimate of drug-likeness (QED) is 0.493. The summed E-state index contributed by atoms with van der Waals surface area (Å²) >= 11 is 0. The Bertz CT molecular complexity index is 398. The molecule has 1 aromatic heterocycles. The predicted octanol–water partition coefficient (Wildman–Crippen LogP) is 2.08. The summed E-state index contributed by atoms with van der Waals surface area (Å²) in [5.41, 5.74) is 0. The van der Waals surface area contributed by atoms with Crippen LogP contribution in [-0.4, -0.2) is 17.4 Å². The summed E-state index contributed by atoms with van der Waals surface area (Å²) in [4.78, 5) is 15.2. The van der Waals surface area contributed by atoms with E-state index in [2.05, 4.69) is 16.2 Å². The topological polar surface area (TPSA) is 42.0 Å². The molecule has 5 heteroatoms. The first-order chi connectivity index (χ1) is 7.83. The molecule has 0 atom stereocenters. The largest absolute Gasteiger partial charge is 0.342 e. The van der Waals surface area contributed by atoms with Crippen molar-refractivity contribution in [3.63, 3.8) is 0 Å². The van der Waals surface area contributed by atoms with E-state index in [1.54, 1.807) is 11.6 Å². The Labute approximate surface area is 103 Å². The van der Waals surface area contributed by atoms with E-state index >= 15 is 0 Å². The lowest BCUT2D eigenvalue weighted by molar-refractivity contribution is -0.116. The standard InChI is InChI=1S/C11H10N2OS2/c1-2-7-12-10(14)6-9-15-16-11-5-3-4-8-13-11/h1,3-6,8-9H,7H2,(H,12,14). The summed E-state index contributed by atoms with van der Waals surface area (Å²) in [7, 11) is 2.91. The average molecular weight is 250 g/mol. The van der Waals surface area contributed by atoms with Crippen molar-refractivity contribution in [2.24, 2.45) is 0 Å². The Morgan fingerprint density at radius 1 is 1.62 bits per heavy atom. The van der Waals surface area contributed by atoms with Crippen LogP contribution in [0, 0.1) is 12.3 Å². The van der Waals surface area contributed by atoms with E-state index < -0.39 is 0 Å². The van der Waals surface area contributed by atoms with Crippen LogP contribution >= 0.6 is 21.6 Å². The van der Waals surface area contributed by atoms with Gasteiger partial charge in [0.05, 0.1) is 6.54 Å². The molecule has 1 N–H and O–H groups in total. The number of carbonyl (C=O) groups is 1. The number of hydrogen-bond acceptors (Lipinski definition) is 4. The number of pyridine rings is 1. The van der Waals surface area contributed by atoms with Gasteiger partial charge >= 0.3 is 0 Å². The third-order valence-electron chi connectivity index (χ3n) is 1.41. The second kappa shape index (κ2) is 7.85. The molecule has 0 saturated heterocycles. The molecular formula is C11H10N2OS2. The van der Waals surface area contributed by atoms with Crippen molar-refractivity contribution in [3.8, 4) is 12.3 Å². The molecule has 1 aromatic rings. The highest BCUT2D eigenvalue weighted by Crippen LogP contribution is 2.29. The highest BCUT2D eigenvalue weighted by atomic mass is 33.1. The number of terminal acetylenes is 1. The van der Waals surface area contributed by atoms with Gasteiger partial charge < -0.3 is 5.32 Å². The Hall–Kier alpha value is -1.38. The lowest BCUT2D eigenvalue weighted by atomic mass is 10.5. The molecule has 1 rings (SSSR count). The van der Waals surface area contributed by atoms with E-state index in [9.17, 15) is 4.79 Å². The number of nitrogens with one attached hydrogen (secondary N) is 1. The SMILES string of the molecule is C#CCNC(=O)C=CSSc1ccccn1. The molecule has 0 spiro atoms. The molecule has 0 aliphatic carbocycles. The zero-order valence-corrected chi connectivity index (χ0v) is 10.1. The van der Waals surface area contributed by atoms with Crippen LogP contribution in [0.5, 0.6) is 0 Å². The smallest absolute Gasteiger partial charge is 0.245 e. The summed E-state index contributed by atoms with van der Waals surface area (Å²) in [5, 5.41) is 5.13. The molecule has 0 radical (unpaired) electrons. The van der Waals surface area contributed by atoms with Crippen molar-refractivity contribution in [1.82, 2.24) is 10.3 Å². The lowest BCUT2D eigenvalue weighted by Crippen LogP contribution is -2.20. The Morgan fingerprint density at radius 2 is 2.50 bits per heavy atom. The number of carbonyl (C=O) groups excluding carboxylic acids is 1. The molecule has 0 saturated carbocycles. The van der Waals surface area contributed by atoms with Crippen molar-refractivity contribution in [2.75, 3.05) is 6.54 Å². The summed E-state index contributed by atoms with van der Waals surface area (Å²) in [5.74, 6) is 2.14. The molecule has 3 nitrogen and oxygen atoms in total. The van der Waals surface area contributed by atoms with Crippen LogP contribution in [0.15, 0.2) is 40.9 Å². The van der Waals surface area contributed by atoms with E-state index in [-0.39, 0.29) is 12.5 Å². The van der Waals surface area contributed by atoms with Crippen molar-refractivity contribution in [1.29, 1.82) is 0 Å². The number of aromatic nitrogens is 1. The molecular weight excluding hydrogens is 240 g/mol. The molecule has 82 valence electrons. The van der Waals surface area contributed by atoms with E-state index in [4.69, 9.17) is 6.42 Å². The van der Waals surface area contributed by atoms with Gasteiger partial charge in [0.1, 0.15) is 5.03 Å². The Morgan fingerprint density at radius 3 is 3.19 bits per heavy atom. The van der Waals surface area contributed by atoms with E-state index in [1.807, 2.05) is 18.2 Å². The van der Waals surface area contributed by atoms with E-state index in [1.165, 1.54) is 27.7 Å². The second-order valence-corrected chi connectivity index (χ2v) is 4.70. The minimum Gasteiger partial charge on any atom is -0.342 e. The minimum atomic E-state index is -0.188. The molecule has 0 fully saturated rings. The molecule has 0 aliphatic heterocycles. The van der Waals surface area contributed by atoms with Crippen molar-refractivity contribution >= 4 is 27.5 Å². The molecule has 1 heterocycles. The van der Waals surface area contributed by atoms with Crippen molar-refractivity contribution in [3.05, 3.63) is 35.9 Å². The van der Waals surface area contributed by atoms with Gasteiger partial charge in [0.25, 0.3) is 0 Å². The first-order valence-electron chi connectivity index (χ1n) is 4.45. The monoisotopic (exact) mass is 250 g/mol. The number of nitrogens with zero attached hydrogens (tertiary/aromatic N) is 1. The number of hydrogen-bond donors (Lipinski definition) is 1. The predicted molar refractivity (Wildman–Crippen MR) is 68.7 cm³/mol. The molecule has 16 heavy (non-hydrogen) atoms. The Kier molecular flexibility index (Phi) is 6.23. The van der Waals surface area contributed by atoms with Crippen LogP contribution in [0.4, 0.5) is 0 Å². The summed E-state index contributed by atoms with van der Waals surface area (Å²) in [6, 6.07) is 5.68. The number of amides is 1. The molecule has 0 bridgehead atoms. The number of rotatable bonds is 5. The third-order valence-corrected chi connectivity index (χ3v) is 3.30. The van der Waals surface area contributed by atoms with Crippen molar-refractivity contribution in [2.45, 2.75) is 5.03 Å². The fourth-order valence-corrected chi connectivity index (χ4v) is 2.26. The van der Waals surface area contributed by atoms with Gasteiger partial charge in [-0.2, -0.15) is 0 Å². The summed E-state index contributed by atoms with van der Waals surface area (Å²) in [6.45, 7) is 0.251. The zero-order valence-electron chi connectivity index (χ0n) is 8.42. The van der Waals surface area contributed by atoms with Gasteiger partial charge in [0.2, 0.25) is 5.91 Å². The van der Waals surface area contributed by atoms with Crippen LogP contribution in [0.2, 0.25) is 0 Å². The molecule has 0 aliphatic rings. The van der Waals surface area contributed by atoms with Crippen LogP contribution in [-0.2, 0) is 4.79 Å². The van der Waals surface area contributed by atoms with E-state index in [0.717, 1.165) is 5.03 Å². The van der Waals surface area contributed by atoms with Crippen molar-refractivity contribution < 1.29 is 4.79 Å². The third kappa shape index (κ3) is 5.49. The van der Waals surface area contributed by atoms with E-state index in [0.29, 0.717) is 0 Å². The van der Waals surface area contributed by atoms with Gasteiger partial charge in [-0.1, -0.05) is 22.8 Å². The summed E-state index contributed by atoms with van der Waals surface area (Å²) < 4.78 is 0. The van der Waals surface area contributed by atoms with Gasteiger partial charge in [0.15, 0.2) is 0 Å². The minimum absolute atomic E-state index is 0.188. The first-order valence-corrected chi connectivity index (χ1v) is 6.66. The maximum absolute atomic E-state index is 11.1. The van der Waals surface area contributed by atoms with Gasteiger partial charge in [-0.05, 0) is 28.3 Å². The van der Waals surface area contributed by atoms with Gasteiger partial charge in [-0.15, -0.1) is 6.42 Å². The summed E-state index contributed by atoms with van der Waals surface area (Å²) in [6.07, 6.45) is 8.17. The molecule has 1 amide bonds. The van der Waals surface area contributed by atoms with Gasteiger partial charge in [-0.25, -0.2) is 4.98 Å². The lowest BCUT2D eigenvalue weighted by Gasteiger charge is -1.95. The molecule has 0 unspecified atom stereocenters. The highest BCUT2D eigenvalue weighted by molar-refractivity contribution is 8.77. The maximum atomic E-state index is 11.1. The van der Waals surface area contributed by atoms with Gasteiger partial charge in [0, 0.05) is 12.3 Å². The van der Waals surface area contributed by atoms with Crippen LogP contribution in [0.25, 0.3) is 0 Å². The zero-order chi connectivity index (χ0) is 11.6. The fourth-order valence-electron chi connectivity index (χ4n) is 0.760. The second-order valence-electron chi connectivity index (χ2n) is 2.57. The maximum Gasteiger partial charge on any atom is 0.245 e. The van der Waals surface area contributed by atoms with Crippen LogP contribution in [0.3, 0.4) is 0 Å². The van der Waals surface area contributed by atoms with Gasteiger partial charge in [-0.3, -0.25) is 4.79 Å². The fraction of sp³-hybridized carbons (Fsp3) is 0.0909.